The van der Waals surface area contributed by atoms with Gasteiger partial charge in [0.1, 0.15) is 11.6 Å². The van der Waals surface area contributed by atoms with Gasteiger partial charge in [-0.1, -0.05) is 18.2 Å². The van der Waals surface area contributed by atoms with Gasteiger partial charge >= 0.3 is 6.61 Å². The smallest absolute Gasteiger partial charge is 0.387 e. The first-order valence-corrected chi connectivity index (χ1v) is 11.5. The Hall–Kier alpha value is -2.39. The monoisotopic (exact) mass is 446 g/mol. The van der Waals surface area contributed by atoms with Gasteiger partial charge in [0.05, 0.1) is 22.7 Å². The molecule has 0 atom stereocenters. The van der Waals surface area contributed by atoms with Crippen LogP contribution in [0.1, 0.15) is 30.5 Å². The average molecular weight is 447 g/mol. The molecule has 0 bridgehead atoms. The number of thioether (sulfide) groups is 1. The van der Waals surface area contributed by atoms with Gasteiger partial charge in [0, 0.05) is 25.3 Å². The highest BCUT2D eigenvalue weighted by atomic mass is 32.2. The lowest BCUT2D eigenvalue weighted by atomic mass is 9.77. The lowest BCUT2D eigenvalue weighted by Gasteiger charge is -2.41. The summed E-state index contributed by atoms with van der Waals surface area (Å²) in [5, 5.41) is 13.4. The van der Waals surface area contributed by atoms with Crippen molar-refractivity contribution in [2.75, 3.05) is 35.7 Å². The zero-order valence-electron chi connectivity index (χ0n) is 17.0. The van der Waals surface area contributed by atoms with Crippen molar-refractivity contribution < 1.29 is 18.6 Å². The lowest BCUT2D eigenvalue weighted by molar-refractivity contribution is -0.0498. The molecular weight excluding hydrogens is 422 g/mol. The third-order valence-electron chi connectivity index (χ3n) is 6.16. The zero-order chi connectivity index (χ0) is 21.4. The summed E-state index contributed by atoms with van der Waals surface area (Å²) in [4.78, 5) is 12.9. The van der Waals surface area contributed by atoms with Gasteiger partial charge in [-0.05, 0) is 42.5 Å². The topological polar surface area (TPSA) is 70.5 Å². The number of aryl methyl sites for hydroxylation is 1. The average Bonchev–Trinajstić information content (AvgIpc) is 3.40. The van der Waals surface area contributed by atoms with E-state index in [1.807, 2.05) is 0 Å². The fourth-order valence-electron chi connectivity index (χ4n) is 4.23. The Kier molecular flexibility index (Phi) is 5.47. The van der Waals surface area contributed by atoms with Gasteiger partial charge in [0.2, 0.25) is 5.95 Å². The minimum Gasteiger partial charge on any atom is -0.435 e. The number of aromatic nitrogens is 2. The number of rotatable bonds is 7. The SMILES string of the molecule is OCC1(Nc2nc(N3CC=C(c4ccc(OC(F)F)cc4)C3)nc3c2SCC3)CCC1. The van der Waals surface area contributed by atoms with Gasteiger partial charge in [-0.15, -0.1) is 11.8 Å². The molecule has 0 radical (unpaired) electrons. The Morgan fingerprint density at radius 3 is 2.71 bits per heavy atom. The minimum absolute atomic E-state index is 0.104. The van der Waals surface area contributed by atoms with E-state index in [9.17, 15) is 13.9 Å². The van der Waals surface area contributed by atoms with Crippen molar-refractivity contribution in [2.24, 2.45) is 0 Å². The molecule has 2 aliphatic heterocycles. The summed E-state index contributed by atoms with van der Waals surface area (Å²) in [6, 6.07) is 6.70. The quantitative estimate of drug-likeness (QED) is 0.667. The van der Waals surface area contributed by atoms with Crippen LogP contribution >= 0.6 is 11.8 Å². The largest absolute Gasteiger partial charge is 0.435 e. The van der Waals surface area contributed by atoms with Crippen LogP contribution in [-0.2, 0) is 6.42 Å². The number of nitrogens with zero attached hydrogens (tertiary/aromatic N) is 3. The molecule has 0 saturated heterocycles. The van der Waals surface area contributed by atoms with Crippen LogP contribution in [0.25, 0.3) is 5.57 Å². The van der Waals surface area contributed by atoms with Crippen molar-refractivity contribution in [3.63, 3.8) is 0 Å². The molecular formula is C22H24F2N4O2S. The van der Waals surface area contributed by atoms with E-state index in [0.717, 1.165) is 59.0 Å². The van der Waals surface area contributed by atoms with E-state index >= 15 is 0 Å². The molecule has 3 aliphatic rings. The van der Waals surface area contributed by atoms with Crippen molar-refractivity contribution in [3.05, 3.63) is 41.6 Å². The van der Waals surface area contributed by atoms with Crippen molar-refractivity contribution in [1.29, 1.82) is 0 Å². The Labute approximate surface area is 183 Å². The molecule has 9 heteroatoms. The molecule has 1 aromatic carbocycles. The van der Waals surface area contributed by atoms with E-state index in [4.69, 9.17) is 9.97 Å². The summed E-state index contributed by atoms with van der Waals surface area (Å²) >= 11 is 1.77. The van der Waals surface area contributed by atoms with Crippen LogP contribution in [0.15, 0.2) is 35.2 Å². The van der Waals surface area contributed by atoms with Crippen LogP contribution in [-0.4, -0.2) is 52.7 Å². The summed E-state index contributed by atoms with van der Waals surface area (Å²) in [6.07, 6.45) is 6.03. The second-order valence-electron chi connectivity index (χ2n) is 8.18. The fourth-order valence-corrected chi connectivity index (χ4v) is 5.27. The molecule has 0 spiro atoms. The van der Waals surface area contributed by atoms with Crippen LogP contribution in [0.2, 0.25) is 0 Å². The molecule has 2 aromatic rings. The molecule has 6 nitrogen and oxygen atoms in total. The standard InChI is InChI=1S/C22H24F2N4O2S/c23-20(24)30-16-4-2-14(3-5-16)15-6-10-28(12-15)21-25-17-7-11-31-18(17)19(26-21)27-22(13-29)8-1-9-22/h2-6,20,29H,1,7-13H2,(H,25,26,27). The van der Waals surface area contributed by atoms with Gasteiger partial charge in [0.25, 0.3) is 0 Å². The molecule has 0 unspecified atom stereocenters. The summed E-state index contributed by atoms with van der Waals surface area (Å²) < 4.78 is 29.2. The number of nitrogens with one attached hydrogen (secondary N) is 1. The Morgan fingerprint density at radius 1 is 1.23 bits per heavy atom. The fraction of sp³-hybridized carbons (Fsp3) is 0.455. The number of ether oxygens (including phenoxy) is 1. The first-order chi connectivity index (χ1) is 15.0. The van der Waals surface area contributed by atoms with E-state index < -0.39 is 6.61 Å². The normalized spacial score (nSPS) is 19.2. The maximum absolute atomic E-state index is 12.4. The summed E-state index contributed by atoms with van der Waals surface area (Å²) in [5.41, 5.74) is 2.86. The first kappa shape index (κ1) is 20.5. The van der Waals surface area contributed by atoms with E-state index in [2.05, 4.69) is 21.0 Å². The number of aliphatic hydroxyl groups excluding tert-OH is 1. The highest BCUT2D eigenvalue weighted by Gasteiger charge is 2.38. The molecule has 5 rings (SSSR count). The second-order valence-corrected chi connectivity index (χ2v) is 9.28. The highest BCUT2D eigenvalue weighted by molar-refractivity contribution is 7.99. The van der Waals surface area contributed by atoms with Crippen LogP contribution in [0.3, 0.4) is 0 Å². The summed E-state index contributed by atoms with van der Waals surface area (Å²) in [7, 11) is 0. The van der Waals surface area contributed by atoms with Gasteiger partial charge < -0.3 is 20.1 Å². The van der Waals surface area contributed by atoms with Gasteiger partial charge in [-0.2, -0.15) is 13.8 Å². The van der Waals surface area contributed by atoms with E-state index in [-0.39, 0.29) is 17.9 Å². The predicted molar refractivity (Wildman–Crippen MR) is 117 cm³/mol. The van der Waals surface area contributed by atoms with E-state index in [0.29, 0.717) is 19.0 Å². The third-order valence-corrected chi connectivity index (χ3v) is 7.28. The van der Waals surface area contributed by atoms with E-state index in [1.54, 1.807) is 36.0 Å². The van der Waals surface area contributed by atoms with Crippen molar-refractivity contribution >= 4 is 29.1 Å². The van der Waals surface area contributed by atoms with Gasteiger partial charge in [-0.25, -0.2) is 4.98 Å². The van der Waals surface area contributed by atoms with Crippen LogP contribution in [0.5, 0.6) is 5.75 Å². The number of anilines is 2. The Bertz CT molecular complexity index is 990. The molecule has 1 aliphatic carbocycles. The van der Waals surface area contributed by atoms with Crippen molar-refractivity contribution in [3.8, 4) is 5.75 Å². The number of aliphatic hydroxyl groups is 1. The molecule has 31 heavy (non-hydrogen) atoms. The van der Waals surface area contributed by atoms with Crippen LogP contribution < -0.4 is 15.0 Å². The molecule has 3 heterocycles. The molecule has 164 valence electrons. The Morgan fingerprint density at radius 2 is 2.03 bits per heavy atom. The van der Waals surface area contributed by atoms with E-state index in [1.165, 1.54) is 0 Å². The third kappa shape index (κ3) is 4.08. The van der Waals surface area contributed by atoms with Crippen molar-refractivity contribution in [2.45, 2.75) is 42.7 Å². The molecule has 1 aromatic heterocycles. The zero-order valence-corrected chi connectivity index (χ0v) is 17.8. The summed E-state index contributed by atoms with van der Waals surface area (Å²) in [5.74, 6) is 2.65. The number of halogens is 2. The van der Waals surface area contributed by atoms with Crippen LogP contribution in [0, 0.1) is 0 Å². The minimum atomic E-state index is -2.82. The number of alkyl halides is 2. The number of hydrogen-bond acceptors (Lipinski definition) is 7. The lowest BCUT2D eigenvalue weighted by Crippen LogP contribution is -2.48. The maximum atomic E-state index is 12.4. The van der Waals surface area contributed by atoms with Gasteiger partial charge in [0.15, 0.2) is 0 Å². The predicted octanol–water partition coefficient (Wildman–Crippen LogP) is 3.96. The maximum Gasteiger partial charge on any atom is 0.387 e. The highest BCUT2D eigenvalue weighted by Crippen LogP contribution is 2.41. The van der Waals surface area contributed by atoms with Gasteiger partial charge in [-0.3, -0.25) is 0 Å². The van der Waals surface area contributed by atoms with Crippen LogP contribution in [0.4, 0.5) is 20.5 Å². The number of fused-ring (bicyclic) bond motifs is 1. The molecule has 1 saturated carbocycles. The second kappa shape index (κ2) is 8.27. The molecule has 2 N–H and O–H groups in total. The number of hydrogen-bond donors (Lipinski definition) is 2. The molecule has 1 fully saturated rings. The molecule has 0 amide bonds. The first-order valence-electron chi connectivity index (χ1n) is 10.5. The van der Waals surface area contributed by atoms with Crippen molar-refractivity contribution in [1.82, 2.24) is 9.97 Å². The Balaban J connectivity index is 1.34. The number of benzene rings is 1. The summed E-state index contributed by atoms with van der Waals surface area (Å²) in [6.45, 7) is -1.39.